The molecular formula is C28H19N3O3. The highest BCUT2D eigenvalue weighted by molar-refractivity contribution is 6.12. The predicted octanol–water partition coefficient (Wildman–Crippen LogP) is 6.96. The molecule has 0 aliphatic heterocycles. The van der Waals surface area contributed by atoms with Gasteiger partial charge < -0.3 is 4.42 Å². The van der Waals surface area contributed by atoms with Crippen LogP contribution in [0.2, 0.25) is 0 Å². The average Bonchev–Trinajstić information content (AvgIpc) is 3.28. The van der Waals surface area contributed by atoms with Crippen LogP contribution in [0.25, 0.3) is 55.8 Å². The first-order valence-electron chi connectivity index (χ1n) is 10.8. The molecule has 0 saturated carbocycles. The van der Waals surface area contributed by atoms with Crippen LogP contribution in [0, 0.1) is 0 Å². The van der Waals surface area contributed by atoms with Crippen LogP contribution in [-0.4, -0.2) is 20.4 Å². The van der Waals surface area contributed by atoms with Crippen LogP contribution in [0.1, 0.15) is 0 Å². The molecule has 6 rings (SSSR count). The third-order valence-corrected chi connectivity index (χ3v) is 5.82. The van der Waals surface area contributed by atoms with Gasteiger partial charge in [-0.25, -0.2) is 9.97 Å². The molecule has 6 aromatic rings. The van der Waals surface area contributed by atoms with Crippen LogP contribution >= 0.6 is 0 Å². The zero-order valence-corrected chi connectivity index (χ0v) is 18.0. The van der Waals surface area contributed by atoms with Gasteiger partial charge in [0.15, 0.2) is 11.4 Å². The predicted molar refractivity (Wildman–Crippen MR) is 132 cm³/mol. The van der Waals surface area contributed by atoms with Gasteiger partial charge in [0, 0.05) is 27.5 Å². The third-order valence-electron chi connectivity index (χ3n) is 5.82. The zero-order chi connectivity index (χ0) is 23.1. The summed E-state index contributed by atoms with van der Waals surface area (Å²) in [5.41, 5.74) is 5.37. The molecular weight excluding hydrogens is 426 g/mol. The molecule has 2 aromatic heterocycles. The summed E-state index contributed by atoms with van der Waals surface area (Å²) in [6.07, 6.45) is 0. The molecule has 2 N–H and O–H groups in total. The lowest BCUT2D eigenvalue weighted by molar-refractivity contribution is 0.0295. The van der Waals surface area contributed by atoms with Crippen molar-refractivity contribution in [1.29, 1.82) is 0 Å². The number of aromatic nitrogens is 2. The van der Waals surface area contributed by atoms with Gasteiger partial charge in [0.2, 0.25) is 0 Å². The highest BCUT2D eigenvalue weighted by atomic mass is 16.8. The fraction of sp³-hybridized carbons (Fsp3) is 0. The first kappa shape index (κ1) is 20.1. The fourth-order valence-electron chi connectivity index (χ4n) is 4.22. The highest BCUT2D eigenvalue weighted by Gasteiger charge is 2.18. The second-order valence-electron chi connectivity index (χ2n) is 7.92. The quantitative estimate of drug-likeness (QED) is 0.285. The van der Waals surface area contributed by atoms with E-state index in [1.54, 1.807) is 12.1 Å². The summed E-state index contributed by atoms with van der Waals surface area (Å²) in [6, 6.07) is 32.9. The van der Waals surface area contributed by atoms with Gasteiger partial charge in [-0.2, -0.15) is 0 Å². The third kappa shape index (κ3) is 3.38. The first-order valence-corrected chi connectivity index (χ1v) is 10.8. The fourth-order valence-corrected chi connectivity index (χ4v) is 4.22. The molecule has 2 heterocycles. The molecule has 0 radical (unpaired) electrons. The maximum Gasteiger partial charge on any atom is 0.163 e. The molecule has 6 nitrogen and oxygen atoms in total. The lowest BCUT2D eigenvalue weighted by Gasteiger charge is -2.09. The van der Waals surface area contributed by atoms with Gasteiger partial charge in [-0.05, 0) is 18.2 Å². The minimum absolute atomic E-state index is 0.0795. The first-order chi connectivity index (χ1) is 16.7. The number of hydrogen-bond donors (Lipinski definition) is 2. The minimum Gasteiger partial charge on any atom is -0.453 e. The molecule has 164 valence electrons. The Morgan fingerprint density at radius 3 is 1.91 bits per heavy atom. The highest BCUT2D eigenvalue weighted by Crippen LogP contribution is 2.39. The topological polar surface area (TPSA) is 82.6 Å². The number of hydrogen-bond acceptors (Lipinski definition) is 6. The maximum atomic E-state index is 9.67. The van der Waals surface area contributed by atoms with Crippen molar-refractivity contribution < 1.29 is 14.8 Å². The summed E-state index contributed by atoms with van der Waals surface area (Å²) in [6.45, 7) is 0. The number of nitrogens with zero attached hydrogens (tertiary/aromatic N) is 3. The van der Waals surface area contributed by atoms with E-state index in [0.717, 1.165) is 33.2 Å². The van der Waals surface area contributed by atoms with Gasteiger partial charge in [-0.3, -0.25) is 10.4 Å². The van der Waals surface area contributed by atoms with E-state index in [0.29, 0.717) is 22.7 Å². The van der Waals surface area contributed by atoms with Crippen molar-refractivity contribution in [3.8, 4) is 33.9 Å². The monoisotopic (exact) mass is 445 g/mol. The number of para-hydroxylation sites is 2. The average molecular weight is 445 g/mol. The van der Waals surface area contributed by atoms with Gasteiger partial charge in [0.1, 0.15) is 11.3 Å². The van der Waals surface area contributed by atoms with E-state index in [1.165, 1.54) is 0 Å². The molecule has 0 aliphatic rings. The number of fused-ring (bicyclic) bond motifs is 3. The van der Waals surface area contributed by atoms with Gasteiger partial charge in [0.05, 0.1) is 11.4 Å². The van der Waals surface area contributed by atoms with Crippen LogP contribution in [0.5, 0.6) is 0 Å². The van der Waals surface area contributed by atoms with E-state index in [4.69, 9.17) is 14.4 Å². The summed E-state index contributed by atoms with van der Waals surface area (Å²) in [5, 5.41) is 21.1. The number of rotatable bonds is 4. The van der Waals surface area contributed by atoms with Gasteiger partial charge in [0.25, 0.3) is 0 Å². The summed E-state index contributed by atoms with van der Waals surface area (Å²) < 4.78 is 6.20. The van der Waals surface area contributed by atoms with Crippen LogP contribution in [0.15, 0.2) is 108 Å². The molecule has 6 heteroatoms. The molecule has 4 aromatic carbocycles. The molecule has 34 heavy (non-hydrogen) atoms. The number of furan rings is 1. The Bertz CT molecular complexity index is 1570. The molecule has 0 spiro atoms. The Morgan fingerprint density at radius 1 is 0.588 bits per heavy atom. The maximum absolute atomic E-state index is 9.67. The van der Waals surface area contributed by atoms with Gasteiger partial charge in [-0.15, -0.1) is 5.23 Å². The summed E-state index contributed by atoms with van der Waals surface area (Å²) in [4.78, 5) is 9.74. The Labute approximate surface area is 194 Å². The molecule has 0 unspecified atom stereocenters. The number of benzene rings is 4. The number of anilines is 1. The lowest BCUT2D eigenvalue weighted by Crippen LogP contribution is -2.10. The Kier molecular flexibility index (Phi) is 4.80. The van der Waals surface area contributed by atoms with Crippen LogP contribution in [0.4, 0.5) is 5.69 Å². The van der Waals surface area contributed by atoms with Crippen molar-refractivity contribution in [3.05, 3.63) is 103 Å². The van der Waals surface area contributed by atoms with E-state index >= 15 is 0 Å². The molecule has 0 fully saturated rings. The summed E-state index contributed by atoms with van der Waals surface area (Å²) in [7, 11) is 0. The lowest BCUT2D eigenvalue weighted by atomic mass is 10.0. The zero-order valence-electron chi connectivity index (χ0n) is 18.0. The van der Waals surface area contributed by atoms with Crippen molar-refractivity contribution in [2.24, 2.45) is 0 Å². The van der Waals surface area contributed by atoms with Crippen LogP contribution < -0.4 is 5.23 Å². The van der Waals surface area contributed by atoms with E-state index in [9.17, 15) is 10.4 Å². The van der Waals surface area contributed by atoms with Crippen LogP contribution in [-0.2, 0) is 0 Å². The van der Waals surface area contributed by atoms with Crippen molar-refractivity contribution >= 4 is 27.6 Å². The SMILES string of the molecule is ON(O)c1cccc2c1oc1c(-c3cc(-c4ccccc4)nc(-c4ccccc4)n3)cccc12. The molecule has 0 atom stereocenters. The standard InChI is InChI=1S/C28H19N3O3/c32-31(33)25-16-8-14-21-20-13-7-15-22(26(20)34-27(21)25)24-17-23(18-9-3-1-4-10-18)29-28(30-24)19-11-5-2-6-12-19/h1-17,32-33H. The Morgan fingerprint density at radius 2 is 1.21 bits per heavy atom. The minimum atomic E-state index is 0.0795. The second-order valence-corrected chi connectivity index (χ2v) is 7.92. The summed E-state index contributed by atoms with van der Waals surface area (Å²) >= 11 is 0. The largest absolute Gasteiger partial charge is 0.453 e. The smallest absolute Gasteiger partial charge is 0.163 e. The molecule has 0 bridgehead atoms. The molecule has 0 saturated heterocycles. The van der Waals surface area contributed by atoms with Crippen molar-refractivity contribution in [1.82, 2.24) is 9.97 Å². The Hall–Kier alpha value is -4.52. The van der Waals surface area contributed by atoms with Gasteiger partial charge in [-0.1, -0.05) is 84.9 Å². The van der Waals surface area contributed by atoms with E-state index in [1.807, 2.05) is 91.0 Å². The molecule has 0 amide bonds. The van der Waals surface area contributed by atoms with Gasteiger partial charge >= 0.3 is 0 Å². The van der Waals surface area contributed by atoms with E-state index in [-0.39, 0.29) is 10.9 Å². The summed E-state index contributed by atoms with van der Waals surface area (Å²) in [5.74, 6) is 0.614. The van der Waals surface area contributed by atoms with E-state index in [2.05, 4.69) is 0 Å². The molecule has 0 aliphatic carbocycles. The second kappa shape index (κ2) is 8.12. The Balaban J connectivity index is 1.63. The van der Waals surface area contributed by atoms with E-state index < -0.39 is 0 Å². The van der Waals surface area contributed by atoms with Crippen molar-refractivity contribution in [2.75, 3.05) is 5.23 Å². The van der Waals surface area contributed by atoms with Crippen molar-refractivity contribution in [3.63, 3.8) is 0 Å². The van der Waals surface area contributed by atoms with Crippen molar-refractivity contribution in [2.45, 2.75) is 0 Å². The van der Waals surface area contributed by atoms with Crippen LogP contribution in [0.3, 0.4) is 0 Å². The normalized spacial score (nSPS) is 11.2.